The highest BCUT2D eigenvalue weighted by molar-refractivity contribution is 5.87. The number of nitriles is 1. The van der Waals surface area contributed by atoms with Crippen LogP contribution in [-0.4, -0.2) is 47.6 Å². The van der Waals surface area contributed by atoms with E-state index in [1.165, 1.54) is 0 Å². The summed E-state index contributed by atoms with van der Waals surface area (Å²) in [5, 5.41) is 21.5. The van der Waals surface area contributed by atoms with Gasteiger partial charge in [0.2, 0.25) is 5.91 Å². The number of rotatable bonds is 6. The van der Waals surface area contributed by atoms with Crippen molar-refractivity contribution in [2.24, 2.45) is 0 Å². The van der Waals surface area contributed by atoms with E-state index in [0.29, 0.717) is 5.56 Å². The minimum absolute atomic E-state index is 0.206. The maximum Gasteiger partial charge on any atom is 0.326 e. The Bertz CT molecular complexity index is 902. The molecule has 1 heterocycles. The first kappa shape index (κ1) is 19.6. The van der Waals surface area contributed by atoms with Crippen LogP contribution in [0, 0.1) is 11.3 Å². The monoisotopic (exact) mass is 377 g/mol. The summed E-state index contributed by atoms with van der Waals surface area (Å²) in [4.78, 5) is 26.0. The number of aliphatic carboxylic acids is 1. The van der Waals surface area contributed by atoms with Crippen molar-refractivity contribution in [1.82, 2.24) is 10.2 Å². The van der Waals surface area contributed by atoms with Gasteiger partial charge in [-0.25, -0.2) is 4.79 Å². The summed E-state index contributed by atoms with van der Waals surface area (Å²) < 4.78 is 0. The fourth-order valence-electron chi connectivity index (χ4n) is 3.60. The fraction of sp³-hybridized carbons (Fsp3) is 0.318. The lowest BCUT2D eigenvalue weighted by molar-refractivity contribution is -0.142. The third kappa shape index (κ3) is 4.38. The molecule has 0 saturated carbocycles. The van der Waals surface area contributed by atoms with Crippen molar-refractivity contribution in [3.8, 4) is 17.2 Å². The number of carbonyl (C=O) groups excluding carboxylic acids is 1. The number of carboxylic acid groups (broad SMARTS) is 1. The molecule has 6 heteroatoms. The number of hydrogen-bond acceptors (Lipinski definition) is 4. The third-order valence-corrected chi connectivity index (χ3v) is 5.19. The molecule has 0 aliphatic carbocycles. The summed E-state index contributed by atoms with van der Waals surface area (Å²) in [6.45, 7) is 0.849. The molecule has 0 unspecified atom stereocenters. The van der Waals surface area contributed by atoms with E-state index in [2.05, 4.69) is 11.4 Å². The Hall–Kier alpha value is -3.17. The molecule has 0 spiro atoms. The molecular weight excluding hydrogens is 354 g/mol. The number of amides is 1. The molecule has 2 aromatic carbocycles. The van der Waals surface area contributed by atoms with Crippen molar-refractivity contribution in [2.45, 2.75) is 31.3 Å². The highest BCUT2D eigenvalue weighted by Gasteiger charge is 2.30. The van der Waals surface area contributed by atoms with Gasteiger partial charge in [0, 0.05) is 6.42 Å². The lowest BCUT2D eigenvalue weighted by atomic mass is 9.97. The molecule has 28 heavy (non-hydrogen) atoms. The normalized spacial score (nSPS) is 17.6. The summed E-state index contributed by atoms with van der Waals surface area (Å²) in [5.74, 6) is -1.28. The van der Waals surface area contributed by atoms with Gasteiger partial charge < -0.3 is 10.4 Å². The Balaban J connectivity index is 1.71. The average Bonchev–Trinajstić information content (AvgIpc) is 3.14. The van der Waals surface area contributed by atoms with Crippen LogP contribution in [0.2, 0.25) is 0 Å². The Kier molecular flexibility index (Phi) is 6.07. The number of carbonyl (C=O) groups is 2. The van der Waals surface area contributed by atoms with E-state index < -0.39 is 12.0 Å². The molecule has 2 N–H and O–H groups in total. The van der Waals surface area contributed by atoms with E-state index in [1.54, 1.807) is 6.07 Å². The second-order valence-corrected chi connectivity index (χ2v) is 7.10. The van der Waals surface area contributed by atoms with Crippen LogP contribution in [0.25, 0.3) is 11.1 Å². The first-order valence-corrected chi connectivity index (χ1v) is 9.31. The van der Waals surface area contributed by atoms with E-state index in [0.717, 1.165) is 36.1 Å². The lowest BCUT2D eigenvalue weighted by Gasteiger charge is -2.22. The second kappa shape index (κ2) is 8.68. The molecule has 2 atom stereocenters. The fourth-order valence-corrected chi connectivity index (χ4v) is 3.60. The SMILES string of the molecule is CN1CCC[C@@H]1C(=O)N[C@@H](Cc1ccc(-c2ccccc2C#N)cc1)C(=O)O. The molecule has 0 radical (unpaired) electrons. The van der Waals surface area contributed by atoms with Crippen molar-refractivity contribution in [1.29, 1.82) is 5.26 Å². The molecule has 144 valence electrons. The van der Waals surface area contributed by atoms with Gasteiger partial charge >= 0.3 is 5.97 Å². The van der Waals surface area contributed by atoms with Crippen LogP contribution in [0.15, 0.2) is 48.5 Å². The number of carboxylic acids is 1. The summed E-state index contributed by atoms with van der Waals surface area (Å²) >= 11 is 0. The van der Waals surface area contributed by atoms with Crippen LogP contribution in [-0.2, 0) is 16.0 Å². The molecule has 6 nitrogen and oxygen atoms in total. The molecule has 1 saturated heterocycles. The Labute approximate surface area is 164 Å². The second-order valence-electron chi connectivity index (χ2n) is 7.10. The van der Waals surface area contributed by atoms with Gasteiger partial charge in [0.05, 0.1) is 17.7 Å². The molecular formula is C22H23N3O3. The molecule has 1 aliphatic rings. The lowest BCUT2D eigenvalue weighted by Crippen LogP contribution is -2.49. The Morgan fingerprint density at radius 1 is 1.25 bits per heavy atom. The van der Waals surface area contributed by atoms with Gasteiger partial charge in [0.1, 0.15) is 6.04 Å². The van der Waals surface area contributed by atoms with Crippen LogP contribution in [0.1, 0.15) is 24.0 Å². The van der Waals surface area contributed by atoms with Crippen molar-refractivity contribution in [2.75, 3.05) is 13.6 Å². The smallest absolute Gasteiger partial charge is 0.326 e. The molecule has 3 rings (SSSR count). The van der Waals surface area contributed by atoms with Gasteiger partial charge in [-0.2, -0.15) is 5.26 Å². The minimum Gasteiger partial charge on any atom is -0.480 e. The molecule has 1 fully saturated rings. The van der Waals surface area contributed by atoms with Gasteiger partial charge in [0.25, 0.3) is 0 Å². The molecule has 0 bridgehead atoms. The zero-order valence-corrected chi connectivity index (χ0v) is 15.8. The van der Waals surface area contributed by atoms with Crippen LogP contribution in [0.3, 0.4) is 0 Å². The standard InChI is InChI=1S/C22H23N3O3/c1-25-12-4-7-20(25)21(26)24-19(22(27)28)13-15-8-10-16(11-9-15)18-6-3-2-5-17(18)14-23/h2-3,5-6,8-11,19-20H,4,7,12-13H2,1H3,(H,24,26)(H,27,28)/t19-,20+/m0/s1. The quantitative estimate of drug-likeness (QED) is 0.806. The van der Waals surface area contributed by atoms with E-state index in [1.807, 2.05) is 54.4 Å². The van der Waals surface area contributed by atoms with Gasteiger partial charge in [-0.3, -0.25) is 9.69 Å². The largest absolute Gasteiger partial charge is 0.480 e. The summed E-state index contributed by atoms with van der Waals surface area (Å²) in [6, 6.07) is 15.7. The number of likely N-dealkylation sites (N-methyl/N-ethyl adjacent to an activating group) is 1. The average molecular weight is 377 g/mol. The van der Waals surface area contributed by atoms with Crippen molar-refractivity contribution in [3.63, 3.8) is 0 Å². The van der Waals surface area contributed by atoms with E-state index in [-0.39, 0.29) is 18.4 Å². The zero-order chi connectivity index (χ0) is 20.1. The van der Waals surface area contributed by atoms with Crippen LogP contribution in [0.5, 0.6) is 0 Å². The van der Waals surface area contributed by atoms with Crippen molar-refractivity contribution >= 4 is 11.9 Å². The van der Waals surface area contributed by atoms with Crippen LogP contribution >= 0.6 is 0 Å². The van der Waals surface area contributed by atoms with Crippen LogP contribution in [0.4, 0.5) is 0 Å². The number of nitrogens with zero attached hydrogens (tertiary/aromatic N) is 2. The van der Waals surface area contributed by atoms with Gasteiger partial charge in [-0.15, -0.1) is 0 Å². The third-order valence-electron chi connectivity index (χ3n) is 5.19. The first-order valence-electron chi connectivity index (χ1n) is 9.31. The van der Waals surface area contributed by atoms with Crippen LogP contribution < -0.4 is 5.32 Å². The highest BCUT2D eigenvalue weighted by Crippen LogP contribution is 2.24. The topological polar surface area (TPSA) is 93.4 Å². The van der Waals surface area contributed by atoms with E-state index >= 15 is 0 Å². The van der Waals surface area contributed by atoms with Gasteiger partial charge in [-0.05, 0) is 49.2 Å². The maximum atomic E-state index is 12.4. The zero-order valence-electron chi connectivity index (χ0n) is 15.8. The molecule has 2 aromatic rings. The van der Waals surface area contributed by atoms with Crippen molar-refractivity contribution in [3.05, 3.63) is 59.7 Å². The predicted molar refractivity (Wildman–Crippen MR) is 106 cm³/mol. The summed E-state index contributed by atoms with van der Waals surface area (Å²) in [5.41, 5.74) is 3.13. The Morgan fingerprint density at radius 2 is 1.96 bits per heavy atom. The predicted octanol–water partition coefficient (Wildman–Crippen LogP) is 2.43. The maximum absolute atomic E-state index is 12.4. The minimum atomic E-state index is -1.05. The van der Waals surface area contributed by atoms with Crippen molar-refractivity contribution < 1.29 is 14.7 Å². The summed E-state index contributed by atoms with van der Waals surface area (Å²) in [6.07, 6.45) is 1.90. The summed E-state index contributed by atoms with van der Waals surface area (Å²) in [7, 11) is 1.88. The van der Waals surface area contributed by atoms with Gasteiger partial charge in [0.15, 0.2) is 0 Å². The highest BCUT2D eigenvalue weighted by atomic mass is 16.4. The first-order chi connectivity index (χ1) is 13.5. The molecule has 1 amide bonds. The number of benzene rings is 2. The van der Waals surface area contributed by atoms with E-state index in [9.17, 15) is 20.0 Å². The number of hydrogen-bond donors (Lipinski definition) is 2. The van der Waals surface area contributed by atoms with E-state index in [4.69, 9.17) is 0 Å². The number of nitrogens with one attached hydrogen (secondary N) is 1. The molecule has 1 aliphatic heterocycles. The van der Waals surface area contributed by atoms with Gasteiger partial charge in [-0.1, -0.05) is 42.5 Å². The molecule has 0 aromatic heterocycles. The Morgan fingerprint density at radius 3 is 2.57 bits per heavy atom. The number of likely N-dealkylation sites (tertiary alicyclic amines) is 1.